The number of nitrogens with one attached hydrogen (secondary N) is 1. The van der Waals surface area contributed by atoms with Gasteiger partial charge in [-0.05, 0) is 39.2 Å². The molecular formula is C12H24N2O3S. The van der Waals surface area contributed by atoms with Crippen molar-refractivity contribution in [3.8, 4) is 0 Å². The second-order valence-electron chi connectivity index (χ2n) is 4.61. The smallest absolute Gasteiger partial charge is 0.317 e. The van der Waals surface area contributed by atoms with Crippen molar-refractivity contribution in [3.05, 3.63) is 0 Å². The zero-order valence-electron chi connectivity index (χ0n) is 11.8. The van der Waals surface area contributed by atoms with E-state index in [4.69, 9.17) is 5.11 Å². The van der Waals surface area contributed by atoms with E-state index in [0.717, 1.165) is 12.2 Å². The maximum absolute atomic E-state index is 11.9. The zero-order valence-corrected chi connectivity index (χ0v) is 12.6. The van der Waals surface area contributed by atoms with Gasteiger partial charge in [0, 0.05) is 19.1 Å². The number of amides is 2. The van der Waals surface area contributed by atoms with Crippen molar-refractivity contribution in [2.45, 2.75) is 39.3 Å². The summed E-state index contributed by atoms with van der Waals surface area (Å²) in [6.45, 7) is 5.28. The molecule has 0 saturated carbocycles. The Morgan fingerprint density at radius 1 is 1.33 bits per heavy atom. The van der Waals surface area contributed by atoms with Gasteiger partial charge >= 0.3 is 12.0 Å². The monoisotopic (exact) mass is 276 g/mol. The molecule has 2 amide bonds. The van der Waals surface area contributed by atoms with Crippen LogP contribution in [0.5, 0.6) is 0 Å². The normalized spacial score (nSPS) is 15.6. The summed E-state index contributed by atoms with van der Waals surface area (Å²) in [5, 5.41) is 11.6. The zero-order chi connectivity index (χ0) is 14.3. The van der Waals surface area contributed by atoms with E-state index < -0.39 is 11.9 Å². The molecule has 3 atom stereocenters. The van der Waals surface area contributed by atoms with Crippen molar-refractivity contribution >= 4 is 23.8 Å². The quantitative estimate of drug-likeness (QED) is 0.745. The molecule has 5 nitrogen and oxygen atoms in total. The fourth-order valence-electron chi connectivity index (χ4n) is 1.32. The van der Waals surface area contributed by atoms with Crippen molar-refractivity contribution in [1.29, 1.82) is 0 Å². The number of carboxylic acid groups (broad SMARTS) is 1. The van der Waals surface area contributed by atoms with Gasteiger partial charge in [-0.2, -0.15) is 11.8 Å². The molecule has 0 aromatic heterocycles. The highest BCUT2D eigenvalue weighted by molar-refractivity contribution is 7.98. The molecule has 3 unspecified atom stereocenters. The van der Waals surface area contributed by atoms with Crippen LogP contribution < -0.4 is 5.32 Å². The van der Waals surface area contributed by atoms with Gasteiger partial charge in [0.1, 0.15) is 0 Å². The second kappa shape index (κ2) is 8.24. The number of nitrogens with zero attached hydrogens (tertiary/aromatic N) is 1. The lowest BCUT2D eigenvalue weighted by molar-refractivity contribution is -0.141. The highest BCUT2D eigenvalue weighted by Crippen LogP contribution is 2.08. The molecule has 0 aliphatic carbocycles. The van der Waals surface area contributed by atoms with E-state index >= 15 is 0 Å². The number of aliphatic carboxylic acids is 1. The standard InChI is InChI=1S/C12H24N2O3S/c1-8(6-7-18-5)14(4)12(17)13-10(3)9(2)11(15)16/h8-10H,6-7H2,1-5H3,(H,13,17)(H,15,16). The maximum atomic E-state index is 11.9. The van der Waals surface area contributed by atoms with Crippen LogP contribution in [-0.4, -0.2) is 53.1 Å². The first-order valence-electron chi connectivity index (χ1n) is 6.06. The van der Waals surface area contributed by atoms with Crippen molar-refractivity contribution in [1.82, 2.24) is 10.2 Å². The van der Waals surface area contributed by atoms with E-state index in [0.29, 0.717) is 0 Å². The first-order chi connectivity index (χ1) is 8.31. The molecule has 0 aromatic carbocycles. The summed E-state index contributed by atoms with van der Waals surface area (Å²) in [5.74, 6) is -0.496. The Bertz CT molecular complexity index is 286. The van der Waals surface area contributed by atoms with Crippen molar-refractivity contribution in [3.63, 3.8) is 0 Å². The van der Waals surface area contributed by atoms with Gasteiger partial charge in [0.05, 0.1) is 5.92 Å². The van der Waals surface area contributed by atoms with Crippen LogP contribution in [0.3, 0.4) is 0 Å². The van der Waals surface area contributed by atoms with Crippen LogP contribution in [0.4, 0.5) is 4.79 Å². The third-order valence-electron chi connectivity index (χ3n) is 3.21. The highest BCUT2D eigenvalue weighted by Gasteiger charge is 2.23. The number of hydrogen-bond donors (Lipinski definition) is 2. The predicted molar refractivity (Wildman–Crippen MR) is 75.0 cm³/mol. The first-order valence-corrected chi connectivity index (χ1v) is 7.45. The van der Waals surface area contributed by atoms with E-state index in [1.807, 2.05) is 13.2 Å². The Morgan fingerprint density at radius 3 is 2.33 bits per heavy atom. The summed E-state index contributed by atoms with van der Waals surface area (Å²) in [5.41, 5.74) is 0. The number of hydrogen-bond acceptors (Lipinski definition) is 3. The Hall–Kier alpha value is -0.910. The van der Waals surface area contributed by atoms with Crippen LogP contribution in [0, 0.1) is 5.92 Å². The Kier molecular flexibility index (Phi) is 7.82. The van der Waals surface area contributed by atoms with Crippen LogP contribution in [-0.2, 0) is 4.79 Å². The lowest BCUT2D eigenvalue weighted by Crippen LogP contribution is -2.48. The summed E-state index contributed by atoms with van der Waals surface area (Å²) in [6.07, 6.45) is 2.96. The molecule has 0 rings (SSSR count). The summed E-state index contributed by atoms with van der Waals surface area (Å²) in [6, 6.07) is -0.459. The van der Waals surface area contributed by atoms with Crippen LogP contribution >= 0.6 is 11.8 Å². The van der Waals surface area contributed by atoms with Gasteiger partial charge in [-0.1, -0.05) is 0 Å². The summed E-state index contributed by atoms with van der Waals surface area (Å²) >= 11 is 1.75. The molecule has 0 spiro atoms. The largest absolute Gasteiger partial charge is 0.481 e. The Morgan fingerprint density at radius 2 is 1.89 bits per heavy atom. The summed E-state index contributed by atoms with van der Waals surface area (Å²) in [4.78, 5) is 24.3. The minimum Gasteiger partial charge on any atom is -0.481 e. The molecule has 0 fully saturated rings. The Labute approximate surface area is 113 Å². The molecule has 0 heterocycles. The SMILES string of the molecule is CSCCC(C)N(C)C(=O)NC(C)C(C)C(=O)O. The van der Waals surface area contributed by atoms with Crippen molar-refractivity contribution < 1.29 is 14.7 Å². The minimum atomic E-state index is -0.902. The lowest BCUT2D eigenvalue weighted by atomic mass is 10.0. The topological polar surface area (TPSA) is 69.6 Å². The molecule has 0 radical (unpaired) electrons. The van der Waals surface area contributed by atoms with Gasteiger partial charge in [0.25, 0.3) is 0 Å². The third-order valence-corrected chi connectivity index (χ3v) is 3.86. The summed E-state index contributed by atoms with van der Waals surface area (Å²) < 4.78 is 0. The molecule has 0 aliphatic heterocycles. The number of carboxylic acids is 1. The molecule has 18 heavy (non-hydrogen) atoms. The van der Waals surface area contributed by atoms with Gasteiger partial charge in [0.15, 0.2) is 0 Å². The van der Waals surface area contributed by atoms with Crippen LogP contribution in [0.15, 0.2) is 0 Å². The van der Waals surface area contributed by atoms with E-state index in [2.05, 4.69) is 5.32 Å². The lowest BCUT2D eigenvalue weighted by Gasteiger charge is -2.27. The summed E-state index contributed by atoms with van der Waals surface area (Å²) in [7, 11) is 1.73. The van der Waals surface area contributed by atoms with Crippen molar-refractivity contribution in [2.24, 2.45) is 5.92 Å². The molecule has 0 bridgehead atoms. The Balaban J connectivity index is 4.26. The molecular weight excluding hydrogens is 252 g/mol. The van der Waals surface area contributed by atoms with E-state index in [9.17, 15) is 9.59 Å². The fraction of sp³-hybridized carbons (Fsp3) is 0.833. The van der Waals surface area contributed by atoms with Gasteiger partial charge in [-0.15, -0.1) is 0 Å². The van der Waals surface area contributed by atoms with Crippen LogP contribution in [0.25, 0.3) is 0 Å². The number of carbonyl (C=O) groups is 2. The van der Waals surface area contributed by atoms with Gasteiger partial charge in [0.2, 0.25) is 0 Å². The number of carbonyl (C=O) groups excluding carboxylic acids is 1. The predicted octanol–water partition coefficient (Wildman–Crippen LogP) is 1.88. The van der Waals surface area contributed by atoms with Crippen molar-refractivity contribution in [2.75, 3.05) is 19.1 Å². The number of thioether (sulfide) groups is 1. The molecule has 0 aromatic rings. The molecule has 106 valence electrons. The molecule has 2 N–H and O–H groups in total. The number of rotatable bonds is 7. The van der Waals surface area contributed by atoms with E-state index in [1.54, 1.807) is 37.6 Å². The van der Waals surface area contributed by atoms with Crippen LogP contribution in [0.1, 0.15) is 27.2 Å². The maximum Gasteiger partial charge on any atom is 0.317 e. The first kappa shape index (κ1) is 17.1. The minimum absolute atomic E-state index is 0.143. The molecule has 0 aliphatic rings. The third kappa shape index (κ3) is 5.62. The van der Waals surface area contributed by atoms with Gasteiger partial charge in [-0.25, -0.2) is 4.79 Å². The second-order valence-corrected chi connectivity index (χ2v) is 5.59. The molecule has 6 heteroatoms. The highest BCUT2D eigenvalue weighted by atomic mass is 32.2. The van der Waals surface area contributed by atoms with Gasteiger partial charge < -0.3 is 15.3 Å². The van der Waals surface area contributed by atoms with E-state index in [1.165, 1.54) is 0 Å². The average Bonchev–Trinajstić information content (AvgIpc) is 2.33. The molecule has 0 saturated heterocycles. The fourth-order valence-corrected chi connectivity index (χ4v) is 1.89. The number of urea groups is 1. The van der Waals surface area contributed by atoms with Gasteiger partial charge in [-0.3, -0.25) is 4.79 Å². The van der Waals surface area contributed by atoms with Crippen LogP contribution in [0.2, 0.25) is 0 Å². The average molecular weight is 276 g/mol. The van der Waals surface area contributed by atoms with E-state index in [-0.39, 0.29) is 18.1 Å².